The van der Waals surface area contributed by atoms with Crippen LogP contribution in [0.15, 0.2) is 76.3 Å². The minimum Gasteiger partial charge on any atom is -0.483 e. The Labute approximate surface area is 154 Å². The first-order valence-corrected chi connectivity index (χ1v) is 8.62. The number of nitrogens with zero attached hydrogens (tertiary/aromatic N) is 1. The molecular formula is C20H17BrN2O2. The molecular weight excluding hydrogens is 380 g/mol. The molecule has 126 valence electrons. The Kier molecular flexibility index (Phi) is 5.46. The molecule has 4 nitrogen and oxygen atoms in total. The average molecular weight is 397 g/mol. The van der Waals surface area contributed by atoms with E-state index < -0.39 is 0 Å². The minimum atomic E-state index is -0.301. The highest BCUT2D eigenvalue weighted by Gasteiger charge is 2.05. The van der Waals surface area contributed by atoms with Crippen LogP contribution in [0.4, 0.5) is 0 Å². The number of hydrazone groups is 1. The van der Waals surface area contributed by atoms with Crippen LogP contribution in [0.5, 0.6) is 5.75 Å². The summed E-state index contributed by atoms with van der Waals surface area (Å²) in [5.41, 5.74) is 4.20. The molecule has 0 aromatic heterocycles. The molecule has 0 fully saturated rings. The summed E-state index contributed by atoms with van der Waals surface area (Å²) in [6.07, 6.45) is 0. The molecule has 0 saturated carbocycles. The quantitative estimate of drug-likeness (QED) is 0.508. The van der Waals surface area contributed by atoms with E-state index in [1.54, 1.807) is 0 Å². The van der Waals surface area contributed by atoms with Gasteiger partial charge in [-0.3, -0.25) is 4.79 Å². The third kappa shape index (κ3) is 4.45. The van der Waals surface area contributed by atoms with Crippen LogP contribution >= 0.6 is 15.9 Å². The third-order valence-corrected chi connectivity index (χ3v) is 4.25. The Morgan fingerprint density at radius 2 is 1.76 bits per heavy atom. The average Bonchev–Trinajstić information content (AvgIpc) is 2.65. The molecule has 3 aromatic rings. The summed E-state index contributed by atoms with van der Waals surface area (Å²) in [6.45, 7) is 1.75. The summed E-state index contributed by atoms with van der Waals surface area (Å²) in [7, 11) is 0. The van der Waals surface area contributed by atoms with Crippen molar-refractivity contribution in [3.8, 4) is 5.75 Å². The molecule has 0 atom stereocenters. The summed E-state index contributed by atoms with van der Waals surface area (Å²) < 4.78 is 6.64. The fourth-order valence-corrected chi connectivity index (χ4v) is 2.66. The number of halogens is 1. The van der Waals surface area contributed by atoms with Gasteiger partial charge in [0.25, 0.3) is 5.91 Å². The molecule has 0 aliphatic rings. The standard InChI is InChI=1S/C20H17BrN2O2/c1-14(15-9-11-17(21)12-10-15)22-23-20(24)13-25-19-8-4-6-16-5-2-3-7-18(16)19/h2-12H,13H2,1H3,(H,23,24)/b22-14+. The molecule has 0 bridgehead atoms. The zero-order chi connectivity index (χ0) is 17.6. The highest BCUT2D eigenvalue weighted by Crippen LogP contribution is 2.24. The lowest BCUT2D eigenvalue weighted by atomic mass is 10.1. The van der Waals surface area contributed by atoms with Crippen LogP contribution in [0.3, 0.4) is 0 Å². The lowest BCUT2D eigenvalue weighted by Gasteiger charge is -2.08. The summed E-state index contributed by atoms with van der Waals surface area (Å²) in [6, 6.07) is 21.4. The van der Waals surface area contributed by atoms with E-state index in [-0.39, 0.29) is 12.5 Å². The van der Waals surface area contributed by atoms with Gasteiger partial charge in [-0.05, 0) is 36.1 Å². The number of carbonyl (C=O) groups is 1. The van der Waals surface area contributed by atoms with Gasteiger partial charge in [0.05, 0.1) is 5.71 Å². The van der Waals surface area contributed by atoms with Crippen molar-refractivity contribution in [1.82, 2.24) is 5.43 Å². The van der Waals surface area contributed by atoms with E-state index in [0.717, 1.165) is 26.5 Å². The highest BCUT2D eigenvalue weighted by atomic mass is 79.9. The molecule has 1 amide bonds. The van der Waals surface area contributed by atoms with E-state index in [2.05, 4.69) is 26.5 Å². The van der Waals surface area contributed by atoms with Crippen LogP contribution < -0.4 is 10.2 Å². The highest BCUT2D eigenvalue weighted by molar-refractivity contribution is 9.10. The topological polar surface area (TPSA) is 50.7 Å². The second-order valence-corrected chi connectivity index (χ2v) is 6.42. The molecule has 3 rings (SSSR count). The van der Waals surface area contributed by atoms with Crippen molar-refractivity contribution in [2.45, 2.75) is 6.92 Å². The van der Waals surface area contributed by atoms with Crippen molar-refractivity contribution in [2.75, 3.05) is 6.61 Å². The molecule has 0 unspecified atom stereocenters. The number of rotatable bonds is 5. The number of fused-ring (bicyclic) bond motifs is 1. The normalized spacial score (nSPS) is 11.4. The minimum absolute atomic E-state index is 0.0921. The Hall–Kier alpha value is -2.66. The van der Waals surface area contributed by atoms with E-state index >= 15 is 0 Å². The predicted molar refractivity (Wildman–Crippen MR) is 104 cm³/mol. The van der Waals surface area contributed by atoms with E-state index in [9.17, 15) is 4.79 Å². The van der Waals surface area contributed by atoms with Crippen LogP contribution in [0.2, 0.25) is 0 Å². The number of hydrogen-bond acceptors (Lipinski definition) is 3. The second kappa shape index (κ2) is 7.94. The molecule has 0 radical (unpaired) electrons. The number of amides is 1. The fraction of sp³-hybridized carbons (Fsp3) is 0.100. The molecule has 1 N–H and O–H groups in total. The zero-order valence-corrected chi connectivity index (χ0v) is 15.3. The fourth-order valence-electron chi connectivity index (χ4n) is 2.40. The van der Waals surface area contributed by atoms with Gasteiger partial charge in [-0.1, -0.05) is 64.5 Å². The number of carbonyl (C=O) groups excluding carboxylic acids is 1. The van der Waals surface area contributed by atoms with Gasteiger partial charge in [-0.2, -0.15) is 5.10 Å². The van der Waals surface area contributed by atoms with Gasteiger partial charge in [-0.25, -0.2) is 5.43 Å². The van der Waals surface area contributed by atoms with Gasteiger partial charge in [0.1, 0.15) is 5.75 Å². The zero-order valence-electron chi connectivity index (χ0n) is 13.7. The lowest BCUT2D eigenvalue weighted by Crippen LogP contribution is -2.25. The van der Waals surface area contributed by atoms with Crippen molar-refractivity contribution in [3.05, 3.63) is 76.8 Å². The molecule has 3 aromatic carbocycles. The molecule has 0 aliphatic carbocycles. The summed E-state index contributed by atoms with van der Waals surface area (Å²) in [4.78, 5) is 12.0. The molecule has 5 heteroatoms. The first-order valence-electron chi connectivity index (χ1n) is 7.83. The summed E-state index contributed by atoms with van der Waals surface area (Å²) in [5, 5.41) is 6.17. The lowest BCUT2D eigenvalue weighted by molar-refractivity contribution is -0.123. The predicted octanol–water partition coefficient (Wildman–Crippen LogP) is 4.52. The first kappa shape index (κ1) is 17.2. The smallest absolute Gasteiger partial charge is 0.277 e. The maximum Gasteiger partial charge on any atom is 0.277 e. The van der Waals surface area contributed by atoms with Crippen molar-refractivity contribution in [2.24, 2.45) is 5.10 Å². The van der Waals surface area contributed by atoms with E-state index in [0.29, 0.717) is 5.75 Å². The molecule has 0 saturated heterocycles. The van der Waals surface area contributed by atoms with E-state index in [1.807, 2.05) is 73.7 Å². The van der Waals surface area contributed by atoms with Gasteiger partial charge in [-0.15, -0.1) is 0 Å². The number of hydrogen-bond donors (Lipinski definition) is 1. The molecule has 25 heavy (non-hydrogen) atoms. The SMILES string of the molecule is C/C(=N\NC(=O)COc1cccc2ccccc12)c1ccc(Br)cc1. The Balaban J connectivity index is 1.61. The molecule has 0 spiro atoms. The molecule has 0 aliphatic heterocycles. The first-order chi connectivity index (χ1) is 12.1. The Morgan fingerprint density at radius 1 is 1.04 bits per heavy atom. The maximum absolute atomic E-state index is 12.0. The Morgan fingerprint density at radius 3 is 2.56 bits per heavy atom. The third-order valence-electron chi connectivity index (χ3n) is 3.72. The number of ether oxygens (including phenoxy) is 1. The largest absolute Gasteiger partial charge is 0.483 e. The van der Waals surface area contributed by atoms with Crippen LogP contribution in [-0.4, -0.2) is 18.2 Å². The number of benzene rings is 3. The summed E-state index contributed by atoms with van der Waals surface area (Å²) in [5.74, 6) is 0.381. The van der Waals surface area contributed by atoms with Gasteiger partial charge >= 0.3 is 0 Å². The van der Waals surface area contributed by atoms with Crippen molar-refractivity contribution in [1.29, 1.82) is 0 Å². The second-order valence-electron chi connectivity index (χ2n) is 5.51. The van der Waals surface area contributed by atoms with Gasteiger partial charge < -0.3 is 4.74 Å². The van der Waals surface area contributed by atoms with Gasteiger partial charge in [0, 0.05) is 9.86 Å². The van der Waals surface area contributed by atoms with Gasteiger partial charge in [0.2, 0.25) is 0 Å². The van der Waals surface area contributed by atoms with Crippen LogP contribution in [0.25, 0.3) is 10.8 Å². The maximum atomic E-state index is 12.0. The molecule has 0 heterocycles. The van der Waals surface area contributed by atoms with Crippen LogP contribution in [0.1, 0.15) is 12.5 Å². The monoisotopic (exact) mass is 396 g/mol. The van der Waals surface area contributed by atoms with E-state index in [4.69, 9.17) is 4.74 Å². The summed E-state index contributed by atoms with van der Waals surface area (Å²) >= 11 is 3.39. The van der Waals surface area contributed by atoms with Crippen molar-refractivity contribution in [3.63, 3.8) is 0 Å². The van der Waals surface area contributed by atoms with Gasteiger partial charge in [0.15, 0.2) is 6.61 Å². The van der Waals surface area contributed by atoms with Crippen LogP contribution in [0, 0.1) is 0 Å². The van der Waals surface area contributed by atoms with E-state index in [1.165, 1.54) is 0 Å². The van der Waals surface area contributed by atoms with Crippen molar-refractivity contribution >= 4 is 38.3 Å². The Bertz CT molecular complexity index is 915. The number of nitrogens with one attached hydrogen (secondary N) is 1. The van der Waals surface area contributed by atoms with Crippen LogP contribution in [-0.2, 0) is 4.79 Å². The van der Waals surface area contributed by atoms with Crippen molar-refractivity contribution < 1.29 is 9.53 Å².